The van der Waals surface area contributed by atoms with E-state index in [-0.39, 0.29) is 11.8 Å². The number of para-hydroxylation sites is 1. The molecule has 1 unspecified atom stereocenters. The number of piperidine rings is 3. The summed E-state index contributed by atoms with van der Waals surface area (Å²) in [5.41, 5.74) is 0.832. The molecular formula is C22H30N5O2+. The fourth-order valence-corrected chi connectivity index (χ4v) is 4.76. The van der Waals surface area contributed by atoms with Gasteiger partial charge in [0, 0.05) is 26.4 Å². The largest absolute Gasteiger partial charge is 0.487 e. The van der Waals surface area contributed by atoms with Crippen molar-refractivity contribution in [1.82, 2.24) is 19.9 Å². The lowest BCUT2D eigenvalue weighted by Crippen LogP contribution is -3.20. The van der Waals surface area contributed by atoms with Crippen LogP contribution in [0, 0.1) is 11.8 Å². The Morgan fingerprint density at radius 2 is 2.24 bits per heavy atom. The van der Waals surface area contributed by atoms with E-state index in [1.807, 2.05) is 53.2 Å². The highest BCUT2D eigenvalue weighted by Gasteiger charge is 2.47. The first-order chi connectivity index (χ1) is 14.1. The average Bonchev–Trinajstić information content (AvgIpc) is 3.20. The number of nitrogens with one attached hydrogen (secondary N) is 1. The van der Waals surface area contributed by atoms with Gasteiger partial charge in [0.25, 0.3) is 0 Å². The summed E-state index contributed by atoms with van der Waals surface area (Å²) in [5, 5.41) is 8.55. The predicted molar refractivity (Wildman–Crippen MR) is 109 cm³/mol. The third kappa shape index (κ3) is 4.50. The number of hydrogen-bond acceptors (Lipinski definition) is 4. The van der Waals surface area contributed by atoms with Crippen molar-refractivity contribution in [3.05, 3.63) is 54.9 Å². The monoisotopic (exact) mass is 396 g/mol. The molecule has 3 fully saturated rings. The summed E-state index contributed by atoms with van der Waals surface area (Å²) in [4.78, 5) is 16.1. The third-order valence-corrected chi connectivity index (χ3v) is 6.27. The Balaban J connectivity index is 1.32. The van der Waals surface area contributed by atoms with E-state index in [1.54, 1.807) is 6.08 Å². The fraction of sp³-hybridized carbons (Fsp3) is 0.500. The molecule has 29 heavy (non-hydrogen) atoms. The number of quaternary nitrogens is 1. The minimum Gasteiger partial charge on any atom is -0.487 e. The van der Waals surface area contributed by atoms with E-state index in [1.165, 1.54) is 4.90 Å². The molecule has 7 nitrogen and oxygen atoms in total. The highest BCUT2D eigenvalue weighted by molar-refractivity contribution is 5.79. The predicted octanol–water partition coefficient (Wildman–Crippen LogP) is 0.795. The summed E-state index contributed by atoms with van der Waals surface area (Å²) in [7, 11) is 1.88. The molecule has 5 rings (SSSR count). The van der Waals surface area contributed by atoms with Crippen LogP contribution in [0.15, 0.2) is 49.2 Å². The number of likely N-dealkylation sites (N-methyl/N-ethyl adjacent to an activating group) is 1. The molecule has 1 aromatic carbocycles. The van der Waals surface area contributed by atoms with Gasteiger partial charge >= 0.3 is 0 Å². The molecule has 1 aromatic heterocycles. The zero-order valence-electron chi connectivity index (χ0n) is 17.0. The van der Waals surface area contributed by atoms with E-state index in [0.717, 1.165) is 43.9 Å². The number of nitrogens with zero attached hydrogens (tertiary/aromatic N) is 4. The summed E-state index contributed by atoms with van der Waals surface area (Å²) in [6.45, 7) is 7.69. The molecule has 4 heterocycles. The van der Waals surface area contributed by atoms with Crippen LogP contribution in [0.3, 0.4) is 0 Å². The van der Waals surface area contributed by atoms with Crippen molar-refractivity contribution in [2.45, 2.75) is 32.0 Å². The van der Waals surface area contributed by atoms with Gasteiger partial charge in [0.15, 0.2) is 0 Å². The first-order valence-corrected chi connectivity index (χ1v) is 10.4. The van der Waals surface area contributed by atoms with Crippen LogP contribution in [0.1, 0.15) is 18.5 Å². The lowest BCUT2D eigenvalue weighted by atomic mass is 9.75. The number of rotatable bonds is 8. The molecule has 2 bridgehead atoms. The quantitative estimate of drug-likeness (QED) is 0.671. The summed E-state index contributed by atoms with van der Waals surface area (Å²) < 4.78 is 7.69. The van der Waals surface area contributed by atoms with Crippen molar-refractivity contribution in [2.24, 2.45) is 11.8 Å². The van der Waals surface area contributed by atoms with Crippen molar-refractivity contribution in [3.8, 4) is 5.75 Å². The number of hydrogen-bond donors (Lipinski definition) is 1. The minimum atomic E-state index is 0.144. The normalized spacial score (nSPS) is 25.6. The molecule has 0 radical (unpaired) electrons. The van der Waals surface area contributed by atoms with Crippen molar-refractivity contribution in [1.29, 1.82) is 0 Å². The van der Waals surface area contributed by atoms with E-state index in [0.29, 0.717) is 25.1 Å². The minimum absolute atomic E-state index is 0.144. The molecular weight excluding hydrogens is 366 g/mol. The number of carbonyl (C=O) groups is 1. The van der Waals surface area contributed by atoms with Crippen molar-refractivity contribution < 1.29 is 14.4 Å². The van der Waals surface area contributed by atoms with E-state index in [4.69, 9.17) is 4.74 Å². The molecule has 1 N–H and O–H groups in total. The van der Waals surface area contributed by atoms with Crippen LogP contribution < -0.4 is 9.64 Å². The summed E-state index contributed by atoms with van der Waals surface area (Å²) in [6, 6.07) is 10.2. The first kappa shape index (κ1) is 19.6. The van der Waals surface area contributed by atoms with Gasteiger partial charge in [-0.1, -0.05) is 29.5 Å². The second-order valence-corrected chi connectivity index (χ2v) is 8.24. The highest BCUT2D eigenvalue weighted by Crippen LogP contribution is 2.28. The Morgan fingerprint density at radius 1 is 1.41 bits per heavy atom. The maximum absolute atomic E-state index is 12.8. The Bertz CT molecular complexity index is 837. The van der Waals surface area contributed by atoms with Crippen molar-refractivity contribution in [3.63, 3.8) is 0 Å². The first-order valence-electron chi connectivity index (χ1n) is 10.4. The van der Waals surface area contributed by atoms with Gasteiger partial charge < -0.3 is 14.5 Å². The average molecular weight is 397 g/mol. The van der Waals surface area contributed by atoms with Crippen molar-refractivity contribution in [2.75, 3.05) is 26.7 Å². The molecule has 0 saturated carbocycles. The molecule has 1 amide bonds. The molecule has 0 aliphatic carbocycles. The molecule has 2 aromatic rings. The number of fused-ring (bicyclic) bond motifs is 3. The van der Waals surface area contributed by atoms with Crippen LogP contribution in [-0.2, 0) is 17.9 Å². The molecule has 7 heteroatoms. The van der Waals surface area contributed by atoms with Gasteiger partial charge in [-0.2, -0.15) is 0 Å². The standard InChI is InChI=1S/C22H29N5O2/c1-3-10-25(2)22(28)21-15-26-11-9-17(21)12-19(26)14-27-13-18(23-24-27)16-29-20-7-5-4-6-8-20/h3-8,13,17,19,21H,1,9-12,14-16H2,2H3/p+1/t17-,19+,21-/m0/s1. The number of benzene rings is 1. The third-order valence-electron chi connectivity index (χ3n) is 6.27. The molecule has 3 saturated heterocycles. The Kier molecular flexibility index (Phi) is 5.94. The molecule has 3 aliphatic heterocycles. The summed E-state index contributed by atoms with van der Waals surface area (Å²) in [6.07, 6.45) is 5.98. The molecule has 0 spiro atoms. The zero-order valence-corrected chi connectivity index (χ0v) is 17.0. The summed E-state index contributed by atoms with van der Waals surface area (Å²) in [5.74, 6) is 1.72. The second-order valence-electron chi connectivity index (χ2n) is 8.24. The number of amides is 1. The van der Waals surface area contributed by atoms with E-state index < -0.39 is 0 Å². The Labute approximate surface area is 171 Å². The van der Waals surface area contributed by atoms with Crippen LogP contribution in [0.2, 0.25) is 0 Å². The highest BCUT2D eigenvalue weighted by atomic mass is 16.5. The second kappa shape index (κ2) is 8.78. The maximum atomic E-state index is 12.8. The number of aromatic nitrogens is 3. The van der Waals surface area contributed by atoms with E-state index in [2.05, 4.69) is 16.9 Å². The Morgan fingerprint density at radius 3 is 2.97 bits per heavy atom. The number of ether oxygens (including phenoxy) is 1. The molecule has 154 valence electrons. The van der Waals surface area contributed by atoms with Crippen LogP contribution in [0.5, 0.6) is 5.75 Å². The van der Waals surface area contributed by atoms with Gasteiger partial charge in [-0.25, -0.2) is 4.68 Å². The van der Waals surface area contributed by atoms with Gasteiger partial charge in [0.05, 0.1) is 31.7 Å². The van der Waals surface area contributed by atoms with Gasteiger partial charge in [-0.15, -0.1) is 11.7 Å². The van der Waals surface area contributed by atoms with Crippen LogP contribution >= 0.6 is 0 Å². The fourth-order valence-electron chi connectivity index (χ4n) is 4.76. The Hall–Kier alpha value is -2.67. The van der Waals surface area contributed by atoms with Gasteiger partial charge in [0.1, 0.15) is 24.1 Å². The molecule has 4 atom stereocenters. The van der Waals surface area contributed by atoms with Gasteiger partial charge in [-0.05, 0) is 18.1 Å². The van der Waals surface area contributed by atoms with Crippen molar-refractivity contribution >= 4 is 5.91 Å². The zero-order chi connectivity index (χ0) is 20.2. The summed E-state index contributed by atoms with van der Waals surface area (Å²) >= 11 is 0. The topological polar surface area (TPSA) is 64.7 Å². The van der Waals surface area contributed by atoms with Crippen LogP contribution in [-0.4, -0.2) is 58.5 Å². The molecule has 3 aliphatic rings. The number of carbonyl (C=O) groups excluding carboxylic acids is 1. The van der Waals surface area contributed by atoms with Crippen LogP contribution in [0.4, 0.5) is 0 Å². The lowest BCUT2D eigenvalue weighted by molar-refractivity contribution is -0.945. The lowest BCUT2D eigenvalue weighted by Gasteiger charge is -2.46. The smallest absolute Gasteiger partial charge is 0.231 e. The van der Waals surface area contributed by atoms with Gasteiger partial charge in [0.2, 0.25) is 5.91 Å². The maximum Gasteiger partial charge on any atom is 0.231 e. The SMILES string of the molecule is C=CCN(C)C(=O)[C@H]1C[NH+]2CC[C@H]1C[C@@H]2Cn1cc(COc2ccccc2)nn1. The van der Waals surface area contributed by atoms with E-state index >= 15 is 0 Å². The van der Waals surface area contributed by atoms with Gasteiger partial charge in [-0.3, -0.25) is 4.79 Å². The van der Waals surface area contributed by atoms with Crippen LogP contribution in [0.25, 0.3) is 0 Å². The van der Waals surface area contributed by atoms with E-state index in [9.17, 15) is 4.79 Å².